The van der Waals surface area contributed by atoms with E-state index in [9.17, 15) is 10.1 Å². The average Bonchev–Trinajstić information content (AvgIpc) is 2.88. The summed E-state index contributed by atoms with van der Waals surface area (Å²) in [6.07, 6.45) is 7.54. The molecule has 4 heteroatoms. The van der Waals surface area contributed by atoms with Gasteiger partial charge in [-0.3, -0.25) is 9.69 Å². The van der Waals surface area contributed by atoms with Crippen LogP contribution in [0, 0.1) is 23.2 Å². The number of primary amides is 1. The summed E-state index contributed by atoms with van der Waals surface area (Å²) >= 11 is 0. The van der Waals surface area contributed by atoms with Gasteiger partial charge in [-0.2, -0.15) is 5.26 Å². The number of carbonyl (C=O) groups excluding carboxylic acids is 1. The van der Waals surface area contributed by atoms with Crippen LogP contribution in [0.4, 0.5) is 0 Å². The zero-order chi connectivity index (χ0) is 13.8. The molecular weight excluding hydrogens is 238 g/mol. The first kappa shape index (κ1) is 14.3. The highest BCUT2D eigenvalue weighted by molar-refractivity contribution is 5.80. The van der Waals surface area contributed by atoms with Crippen LogP contribution in [0.15, 0.2) is 0 Å². The van der Waals surface area contributed by atoms with Crippen molar-refractivity contribution >= 4 is 5.91 Å². The summed E-state index contributed by atoms with van der Waals surface area (Å²) in [5.74, 6) is 0.577. The molecule has 0 aromatic carbocycles. The van der Waals surface area contributed by atoms with Crippen molar-refractivity contribution in [1.29, 1.82) is 5.26 Å². The summed E-state index contributed by atoms with van der Waals surface area (Å²) in [5.41, 5.74) is 5.51. The quantitative estimate of drug-likeness (QED) is 0.843. The standard InChI is InChI=1S/C15H25N3O/c1-2-4-11-6-7-12(10-16)14(9-11)18-8-3-5-13(18)15(17)19/h11-14H,2-9H2,1H3,(H2,17,19). The van der Waals surface area contributed by atoms with E-state index in [0.29, 0.717) is 5.92 Å². The van der Waals surface area contributed by atoms with Gasteiger partial charge < -0.3 is 5.73 Å². The van der Waals surface area contributed by atoms with E-state index < -0.39 is 0 Å². The average molecular weight is 263 g/mol. The first-order chi connectivity index (χ1) is 9.17. The Morgan fingerprint density at radius 3 is 2.84 bits per heavy atom. The molecule has 1 saturated carbocycles. The molecule has 0 bridgehead atoms. The second-order valence-electron chi connectivity index (χ2n) is 6.07. The molecule has 4 atom stereocenters. The maximum absolute atomic E-state index is 11.6. The van der Waals surface area contributed by atoms with Crippen molar-refractivity contribution in [3.63, 3.8) is 0 Å². The summed E-state index contributed by atoms with van der Waals surface area (Å²) in [4.78, 5) is 13.8. The second-order valence-corrected chi connectivity index (χ2v) is 6.07. The Morgan fingerprint density at radius 1 is 1.42 bits per heavy atom. The second kappa shape index (κ2) is 6.38. The predicted molar refractivity (Wildman–Crippen MR) is 74.1 cm³/mol. The van der Waals surface area contributed by atoms with E-state index in [4.69, 9.17) is 5.73 Å². The highest BCUT2D eigenvalue weighted by atomic mass is 16.1. The van der Waals surface area contributed by atoms with Crippen molar-refractivity contribution in [2.45, 2.75) is 64.0 Å². The molecule has 19 heavy (non-hydrogen) atoms. The molecule has 2 fully saturated rings. The first-order valence-corrected chi connectivity index (χ1v) is 7.62. The fourth-order valence-corrected chi connectivity index (χ4v) is 3.91. The minimum Gasteiger partial charge on any atom is -0.368 e. The summed E-state index contributed by atoms with van der Waals surface area (Å²) in [6, 6.07) is 2.57. The number of carbonyl (C=O) groups is 1. The molecule has 1 saturated heterocycles. The van der Waals surface area contributed by atoms with Crippen molar-refractivity contribution < 1.29 is 4.79 Å². The molecule has 2 aliphatic rings. The van der Waals surface area contributed by atoms with Crippen molar-refractivity contribution in [3.8, 4) is 6.07 Å². The van der Waals surface area contributed by atoms with E-state index in [0.717, 1.165) is 38.6 Å². The molecule has 1 heterocycles. The Morgan fingerprint density at radius 2 is 2.21 bits per heavy atom. The minimum absolute atomic E-state index is 0.0769. The van der Waals surface area contributed by atoms with Gasteiger partial charge in [0.1, 0.15) is 0 Å². The van der Waals surface area contributed by atoms with Gasteiger partial charge in [-0.1, -0.05) is 19.8 Å². The lowest BCUT2D eigenvalue weighted by molar-refractivity contribution is -0.123. The Labute approximate surface area is 115 Å². The van der Waals surface area contributed by atoms with Crippen LogP contribution >= 0.6 is 0 Å². The van der Waals surface area contributed by atoms with Gasteiger partial charge in [0.15, 0.2) is 0 Å². The van der Waals surface area contributed by atoms with Gasteiger partial charge in [0.05, 0.1) is 18.0 Å². The number of nitriles is 1. The Hall–Kier alpha value is -1.08. The fraction of sp³-hybridized carbons (Fsp3) is 0.867. The number of nitrogens with zero attached hydrogens (tertiary/aromatic N) is 2. The van der Waals surface area contributed by atoms with E-state index in [-0.39, 0.29) is 23.9 Å². The van der Waals surface area contributed by atoms with E-state index in [2.05, 4.69) is 17.9 Å². The predicted octanol–water partition coefficient (Wildman–Crippen LogP) is 2.04. The van der Waals surface area contributed by atoms with Crippen LogP contribution in [-0.2, 0) is 4.79 Å². The molecule has 1 aliphatic heterocycles. The molecule has 0 spiro atoms. The maximum Gasteiger partial charge on any atom is 0.234 e. The number of hydrogen-bond donors (Lipinski definition) is 1. The van der Waals surface area contributed by atoms with Gasteiger partial charge >= 0.3 is 0 Å². The third-order valence-corrected chi connectivity index (χ3v) is 4.84. The molecule has 1 aliphatic carbocycles. The van der Waals surface area contributed by atoms with Crippen LogP contribution in [0.1, 0.15) is 51.9 Å². The van der Waals surface area contributed by atoms with Crippen LogP contribution in [0.2, 0.25) is 0 Å². The monoisotopic (exact) mass is 263 g/mol. The zero-order valence-electron chi connectivity index (χ0n) is 11.8. The number of likely N-dealkylation sites (tertiary alicyclic amines) is 1. The molecule has 4 unspecified atom stereocenters. The highest BCUT2D eigenvalue weighted by Gasteiger charge is 2.40. The van der Waals surface area contributed by atoms with Crippen LogP contribution < -0.4 is 5.73 Å². The van der Waals surface area contributed by atoms with Crippen molar-refractivity contribution in [2.24, 2.45) is 17.6 Å². The molecule has 2 N–H and O–H groups in total. The maximum atomic E-state index is 11.6. The molecule has 2 rings (SSSR count). The van der Waals surface area contributed by atoms with Gasteiger partial charge in [-0.25, -0.2) is 0 Å². The largest absolute Gasteiger partial charge is 0.368 e. The Bertz CT molecular complexity index is 363. The van der Waals surface area contributed by atoms with Crippen LogP contribution in [-0.4, -0.2) is 29.4 Å². The lowest BCUT2D eigenvalue weighted by Crippen LogP contribution is -2.50. The summed E-state index contributed by atoms with van der Waals surface area (Å²) in [6.45, 7) is 3.14. The van der Waals surface area contributed by atoms with Crippen molar-refractivity contribution in [1.82, 2.24) is 4.90 Å². The van der Waals surface area contributed by atoms with Crippen LogP contribution in [0.5, 0.6) is 0 Å². The van der Waals surface area contributed by atoms with Gasteiger partial charge in [0.25, 0.3) is 0 Å². The van der Waals surface area contributed by atoms with Gasteiger partial charge in [0.2, 0.25) is 5.91 Å². The van der Waals surface area contributed by atoms with Gasteiger partial charge in [-0.15, -0.1) is 0 Å². The fourth-order valence-electron chi connectivity index (χ4n) is 3.91. The smallest absolute Gasteiger partial charge is 0.234 e. The third kappa shape index (κ3) is 3.09. The van der Waals surface area contributed by atoms with Crippen LogP contribution in [0.3, 0.4) is 0 Å². The minimum atomic E-state index is -0.216. The topological polar surface area (TPSA) is 70.1 Å². The highest BCUT2D eigenvalue weighted by Crippen LogP contribution is 2.37. The number of rotatable bonds is 4. The molecular formula is C15H25N3O. The molecule has 106 valence electrons. The summed E-state index contributed by atoms with van der Waals surface area (Å²) in [7, 11) is 0. The molecule has 0 aromatic rings. The third-order valence-electron chi connectivity index (χ3n) is 4.84. The van der Waals surface area contributed by atoms with Gasteiger partial charge in [0, 0.05) is 6.04 Å². The molecule has 0 aromatic heterocycles. The SMILES string of the molecule is CCCC1CCC(C#N)C(N2CCCC2C(N)=O)C1. The lowest BCUT2D eigenvalue weighted by atomic mass is 9.76. The molecule has 1 amide bonds. The van der Waals surface area contributed by atoms with Crippen molar-refractivity contribution in [2.75, 3.05) is 6.54 Å². The Kier molecular flexibility index (Phi) is 4.81. The van der Waals surface area contributed by atoms with E-state index in [1.807, 2.05) is 0 Å². The lowest BCUT2D eigenvalue weighted by Gasteiger charge is -2.40. The summed E-state index contributed by atoms with van der Waals surface area (Å²) in [5, 5.41) is 9.37. The van der Waals surface area contributed by atoms with Crippen molar-refractivity contribution in [3.05, 3.63) is 0 Å². The zero-order valence-corrected chi connectivity index (χ0v) is 11.8. The van der Waals surface area contributed by atoms with Gasteiger partial charge in [-0.05, 0) is 44.6 Å². The van der Waals surface area contributed by atoms with E-state index >= 15 is 0 Å². The van der Waals surface area contributed by atoms with Crippen LogP contribution in [0.25, 0.3) is 0 Å². The number of amides is 1. The van der Waals surface area contributed by atoms with E-state index in [1.54, 1.807) is 0 Å². The normalized spacial score (nSPS) is 36.0. The first-order valence-electron chi connectivity index (χ1n) is 7.62. The number of nitrogens with two attached hydrogens (primary N) is 1. The molecule has 0 radical (unpaired) electrons. The summed E-state index contributed by atoms with van der Waals surface area (Å²) < 4.78 is 0. The number of hydrogen-bond acceptors (Lipinski definition) is 3. The molecule has 4 nitrogen and oxygen atoms in total. The Balaban J connectivity index is 2.09. The van der Waals surface area contributed by atoms with E-state index in [1.165, 1.54) is 12.8 Å².